The lowest BCUT2D eigenvalue weighted by Gasteiger charge is -2.22. The molecule has 0 aromatic heterocycles. The summed E-state index contributed by atoms with van der Waals surface area (Å²) in [5.74, 6) is 0.842. The average molecular weight is 234 g/mol. The summed E-state index contributed by atoms with van der Waals surface area (Å²) in [7, 11) is 2.09. The summed E-state index contributed by atoms with van der Waals surface area (Å²) in [5.41, 5.74) is 9.10. The van der Waals surface area contributed by atoms with Gasteiger partial charge in [-0.3, -0.25) is 0 Å². The molecule has 0 aliphatic heterocycles. The number of anilines is 2. The van der Waals surface area contributed by atoms with Crippen LogP contribution in [-0.4, -0.2) is 26.8 Å². The molecule has 1 aliphatic rings. The molecule has 1 aliphatic carbocycles. The van der Waals surface area contributed by atoms with E-state index in [0.29, 0.717) is 0 Å². The van der Waals surface area contributed by atoms with Gasteiger partial charge in [0.25, 0.3) is 0 Å². The Labute approximate surface area is 104 Å². The molecule has 0 heterocycles. The van der Waals surface area contributed by atoms with Gasteiger partial charge in [-0.2, -0.15) is 0 Å². The van der Waals surface area contributed by atoms with Crippen LogP contribution in [0.15, 0.2) is 18.2 Å². The number of nitrogens with zero attached hydrogens (tertiary/aromatic N) is 1. The predicted octanol–water partition coefficient (Wildman–Crippen LogP) is 2.44. The van der Waals surface area contributed by atoms with Crippen molar-refractivity contribution in [3.63, 3.8) is 0 Å². The number of rotatable bonds is 6. The van der Waals surface area contributed by atoms with Gasteiger partial charge in [-0.1, -0.05) is 6.07 Å². The molecule has 2 N–H and O–H groups in total. The van der Waals surface area contributed by atoms with Gasteiger partial charge >= 0.3 is 0 Å². The van der Waals surface area contributed by atoms with E-state index in [1.165, 1.54) is 18.5 Å². The Bertz CT molecular complexity index is 374. The highest BCUT2D eigenvalue weighted by molar-refractivity contribution is 5.63. The van der Waals surface area contributed by atoms with Crippen LogP contribution in [0.5, 0.6) is 0 Å². The van der Waals surface area contributed by atoms with Crippen molar-refractivity contribution in [1.82, 2.24) is 0 Å². The Morgan fingerprint density at radius 1 is 1.41 bits per heavy atom. The summed E-state index contributed by atoms with van der Waals surface area (Å²) in [6.45, 7) is 4.70. The molecule has 3 heteroatoms. The lowest BCUT2D eigenvalue weighted by molar-refractivity contribution is 0.131. The maximum absolute atomic E-state index is 5.90. The van der Waals surface area contributed by atoms with E-state index in [2.05, 4.69) is 24.9 Å². The molecule has 1 saturated carbocycles. The molecule has 1 aromatic carbocycles. The van der Waals surface area contributed by atoms with Gasteiger partial charge in [-0.05, 0) is 43.4 Å². The molecule has 17 heavy (non-hydrogen) atoms. The maximum atomic E-state index is 5.90. The van der Waals surface area contributed by atoms with Crippen molar-refractivity contribution in [3.05, 3.63) is 23.8 Å². The molecule has 1 fully saturated rings. The minimum absolute atomic E-state index is 0.793. The zero-order chi connectivity index (χ0) is 12.3. The number of nitrogen functional groups attached to an aromatic ring is 1. The first-order valence-electron chi connectivity index (χ1n) is 6.32. The van der Waals surface area contributed by atoms with E-state index >= 15 is 0 Å². The summed E-state index contributed by atoms with van der Waals surface area (Å²) < 4.78 is 5.65. The lowest BCUT2D eigenvalue weighted by Crippen LogP contribution is -2.23. The van der Waals surface area contributed by atoms with Crippen LogP contribution in [0.2, 0.25) is 0 Å². The van der Waals surface area contributed by atoms with E-state index in [-0.39, 0.29) is 0 Å². The number of nitrogens with two attached hydrogens (primary N) is 1. The van der Waals surface area contributed by atoms with Gasteiger partial charge in [0.2, 0.25) is 0 Å². The van der Waals surface area contributed by atoms with Gasteiger partial charge < -0.3 is 15.4 Å². The van der Waals surface area contributed by atoms with Crippen LogP contribution in [-0.2, 0) is 4.74 Å². The van der Waals surface area contributed by atoms with Crippen molar-refractivity contribution in [3.8, 4) is 0 Å². The van der Waals surface area contributed by atoms with Gasteiger partial charge in [0, 0.05) is 31.6 Å². The molecule has 0 atom stereocenters. The van der Waals surface area contributed by atoms with E-state index in [0.717, 1.165) is 36.9 Å². The molecule has 3 nitrogen and oxygen atoms in total. The van der Waals surface area contributed by atoms with E-state index in [4.69, 9.17) is 10.5 Å². The average Bonchev–Trinajstić information content (AvgIpc) is 3.12. The molecule has 0 saturated heterocycles. The second-order valence-corrected chi connectivity index (χ2v) is 4.93. The normalized spacial score (nSPS) is 14.9. The number of benzene rings is 1. The summed E-state index contributed by atoms with van der Waals surface area (Å²) in [6, 6.07) is 6.04. The first-order chi connectivity index (χ1) is 8.18. The second kappa shape index (κ2) is 5.41. The van der Waals surface area contributed by atoms with Crippen LogP contribution in [0.1, 0.15) is 18.4 Å². The zero-order valence-electron chi connectivity index (χ0n) is 10.8. The van der Waals surface area contributed by atoms with Crippen LogP contribution >= 0.6 is 0 Å². The monoisotopic (exact) mass is 234 g/mol. The molecular formula is C14H22N2O. The quantitative estimate of drug-likeness (QED) is 0.607. The van der Waals surface area contributed by atoms with E-state index in [9.17, 15) is 0 Å². The third kappa shape index (κ3) is 3.37. The SMILES string of the molecule is Cc1c(N)cccc1N(C)CCOCC1CC1. The van der Waals surface area contributed by atoms with Gasteiger partial charge in [0.1, 0.15) is 0 Å². The van der Waals surface area contributed by atoms with Crippen LogP contribution in [0.25, 0.3) is 0 Å². The Balaban J connectivity index is 1.81. The molecule has 0 bridgehead atoms. The highest BCUT2D eigenvalue weighted by atomic mass is 16.5. The molecule has 0 unspecified atom stereocenters. The molecule has 94 valence electrons. The molecule has 2 rings (SSSR count). The van der Waals surface area contributed by atoms with E-state index in [1.54, 1.807) is 0 Å². The largest absolute Gasteiger partial charge is 0.398 e. The van der Waals surface area contributed by atoms with Crippen LogP contribution in [0.3, 0.4) is 0 Å². The maximum Gasteiger partial charge on any atom is 0.0641 e. The Kier molecular flexibility index (Phi) is 3.89. The summed E-state index contributed by atoms with van der Waals surface area (Å²) in [5, 5.41) is 0. The van der Waals surface area contributed by atoms with Crippen molar-refractivity contribution >= 4 is 11.4 Å². The van der Waals surface area contributed by atoms with Crippen molar-refractivity contribution in [1.29, 1.82) is 0 Å². The molecule has 1 aromatic rings. The third-order valence-corrected chi connectivity index (χ3v) is 3.38. The highest BCUT2D eigenvalue weighted by Crippen LogP contribution is 2.28. The fourth-order valence-corrected chi connectivity index (χ4v) is 1.91. The third-order valence-electron chi connectivity index (χ3n) is 3.38. The van der Waals surface area contributed by atoms with Gasteiger partial charge in [-0.25, -0.2) is 0 Å². The number of hydrogen-bond donors (Lipinski definition) is 1. The molecule has 0 radical (unpaired) electrons. The Morgan fingerprint density at radius 2 is 2.18 bits per heavy atom. The van der Waals surface area contributed by atoms with Crippen LogP contribution < -0.4 is 10.6 Å². The first kappa shape index (κ1) is 12.2. The summed E-state index contributed by atoms with van der Waals surface area (Å²) in [6.07, 6.45) is 2.70. The number of ether oxygens (including phenoxy) is 1. The zero-order valence-corrected chi connectivity index (χ0v) is 10.8. The minimum atomic E-state index is 0.793. The Morgan fingerprint density at radius 3 is 2.88 bits per heavy atom. The van der Waals surface area contributed by atoms with Crippen molar-refractivity contribution in [2.45, 2.75) is 19.8 Å². The standard InChI is InChI=1S/C14H22N2O/c1-11-13(15)4-3-5-14(11)16(2)8-9-17-10-12-6-7-12/h3-5,12H,6-10,15H2,1-2H3. The molecule has 0 spiro atoms. The summed E-state index contributed by atoms with van der Waals surface area (Å²) >= 11 is 0. The van der Waals surface area contributed by atoms with E-state index < -0.39 is 0 Å². The topological polar surface area (TPSA) is 38.5 Å². The van der Waals surface area contributed by atoms with Crippen molar-refractivity contribution in [2.24, 2.45) is 5.92 Å². The van der Waals surface area contributed by atoms with Gasteiger partial charge in [-0.15, -0.1) is 0 Å². The second-order valence-electron chi connectivity index (χ2n) is 4.93. The fourth-order valence-electron chi connectivity index (χ4n) is 1.91. The smallest absolute Gasteiger partial charge is 0.0641 e. The van der Waals surface area contributed by atoms with Crippen molar-refractivity contribution < 1.29 is 4.74 Å². The molecule has 0 amide bonds. The lowest BCUT2D eigenvalue weighted by atomic mass is 10.1. The van der Waals surface area contributed by atoms with Crippen molar-refractivity contribution in [2.75, 3.05) is 37.4 Å². The van der Waals surface area contributed by atoms with E-state index in [1.807, 2.05) is 12.1 Å². The van der Waals surface area contributed by atoms with Crippen LogP contribution in [0, 0.1) is 12.8 Å². The van der Waals surface area contributed by atoms with Gasteiger partial charge in [0.15, 0.2) is 0 Å². The van der Waals surface area contributed by atoms with Gasteiger partial charge in [0.05, 0.1) is 6.61 Å². The summed E-state index contributed by atoms with van der Waals surface area (Å²) in [4.78, 5) is 2.21. The fraction of sp³-hybridized carbons (Fsp3) is 0.571. The highest BCUT2D eigenvalue weighted by Gasteiger charge is 2.21. The predicted molar refractivity (Wildman–Crippen MR) is 72.4 cm³/mol. The number of likely N-dealkylation sites (N-methyl/N-ethyl adjacent to an activating group) is 1. The molecular weight excluding hydrogens is 212 g/mol. The minimum Gasteiger partial charge on any atom is -0.398 e. The van der Waals surface area contributed by atoms with Crippen LogP contribution in [0.4, 0.5) is 11.4 Å². The number of hydrogen-bond acceptors (Lipinski definition) is 3. The first-order valence-corrected chi connectivity index (χ1v) is 6.32. The Hall–Kier alpha value is -1.22.